The van der Waals surface area contributed by atoms with Crippen molar-refractivity contribution < 1.29 is 9.59 Å². The Bertz CT molecular complexity index is 1220. The average Bonchev–Trinajstić information content (AvgIpc) is 3.17. The number of hydrogen-bond acceptors (Lipinski definition) is 5. The van der Waals surface area contributed by atoms with Crippen molar-refractivity contribution in [2.45, 2.75) is 12.8 Å². The van der Waals surface area contributed by atoms with Crippen LogP contribution in [0.15, 0.2) is 35.4 Å². The number of aryl methyl sites for hydroxylation is 1. The number of piperidine rings is 1. The van der Waals surface area contributed by atoms with Gasteiger partial charge in [0.05, 0.1) is 22.7 Å². The lowest BCUT2D eigenvalue weighted by Crippen LogP contribution is -2.41. The van der Waals surface area contributed by atoms with Gasteiger partial charge in [-0.2, -0.15) is 5.10 Å². The summed E-state index contributed by atoms with van der Waals surface area (Å²) >= 11 is 5.01. The maximum absolute atomic E-state index is 12.9. The molecule has 1 aromatic carbocycles. The molecular formula is C20H22N6O3S. The van der Waals surface area contributed by atoms with Crippen LogP contribution >= 0.6 is 12.2 Å². The van der Waals surface area contributed by atoms with Crippen molar-refractivity contribution in [1.82, 2.24) is 30.0 Å². The number of carbonyl (C=O) groups excluding carboxylic acids is 2. The SMILES string of the molecule is Cn1cc(C(=O)NCC2CCN(C(=O)c3ccc4c(=O)[nH]c(=S)[nH]c4c3)CC2)cn1. The van der Waals surface area contributed by atoms with Crippen LogP contribution in [0.5, 0.6) is 0 Å². The third kappa shape index (κ3) is 4.18. The molecule has 0 spiro atoms. The van der Waals surface area contributed by atoms with Crippen LogP contribution in [0.2, 0.25) is 0 Å². The summed E-state index contributed by atoms with van der Waals surface area (Å²) < 4.78 is 1.82. The number of nitrogens with one attached hydrogen (secondary N) is 3. The maximum Gasteiger partial charge on any atom is 0.259 e. The molecule has 0 atom stereocenters. The van der Waals surface area contributed by atoms with E-state index in [2.05, 4.69) is 20.4 Å². The van der Waals surface area contributed by atoms with Gasteiger partial charge in [-0.1, -0.05) is 0 Å². The summed E-state index contributed by atoms with van der Waals surface area (Å²) in [6.45, 7) is 1.82. The fourth-order valence-electron chi connectivity index (χ4n) is 3.70. The Morgan fingerprint density at radius 1 is 1.23 bits per heavy atom. The van der Waals surface area contributed by atoms with Crippen molar-refractivity contribution in [2.75, 3.05) is 19.6 Å². The molecule has 1 saturated heterocycles. The predicted molar refractivity (Wildman–Crippen MR) is 114 cm³/mol. The highest BCUT2D eigenvalue weighted by atomic mass is 32.1. The van der Waals surface area contributed by atoms with Crippen LogP contribution in [0, 0.1) is 10.7 Å². The van der Waals surface area contributed by atoms with E-state index in [1.165, 1.54) is 0 Å². The van der Waals surface area contributed by atoms with Gasteiger partial charge in [0, 0.05) is 38.4 Å². The summed E-state index contributed by atoms with van der Waals surface area (Å²) in [5.74, 6) is 0.111. The summed E-state index contributed by atoms with van der Waals surface area (Å²) in [5.41, 5.74) is 1.32. The quantitative estimate of drug-likeness (QED) is 0.548. The van der Waals surface area contributed by atoms with Crippen LogP contribution in [-0.4, -0.2) is 56.1 Å². The molecule has 1 fully saturated rings. The zero-order valence-corrected chi connectivity index (χ0v) is 17.3. The fraction of sp³-hybridized carbons (Fsp3) is 0.350. The number of aromatic amines is 2. The minimum atomic E-state index is -0.276. The van der Waals surface area contributed by atoms with Gasteiger partial charge in [-0.25, -0.2) is 0 Å². The van der Waals surface area contributed by atoms with E-state index >= 15 is 0 Å². The van der Waals surface area contributed by atoms with Crippen molar-refractivity contribution in [1.29, 1.82) is 0 Å². The van der Waals surface area contributed by atoms with Gasteiger partial charge >= 0.3 is 0 Å². The largest absolute Gasteiger partial charge is 0.352 e. The number of hydrogen-bond donors (Lipinski definition) is 3. The lowest BCUT2D eigenvalue weighted by molar-refractivity contribution is 0.0684. The molecule has 0 bridgehead atoms. The number of likely N-dealkylation sites (tertiary alicyclic amines) is 1. The number of fused-ring (bicyclic) bond motifs is 1. The van der Waals surface area contributed by atoms with E-state index in [0.29, 0.717) is 47.6 Å². The average molecular weight is 427 g/mol. The van der Waals surface area contributed by atoms with Gasteiger partial charge in [-0.3, -0.25) is 24.0 Å². The fourth-order valence-corrected chi connectivity index (χ4v) is 3.91. The zero-order chi connectivity index (χ0) is 21.3. The first kappa shape index (κ1) is 20.0. The van der Waals surface area contributed by atoms with E-state index in [1.54, 1.807) is 42.3 Å². The summed E-state index contributed by atoms with van der Waals surface area (Å²) in [5, 5.41) is 7.41. The molecule has 1 aliphatic heterocycles. The number of carbonyl (C=O) groups is 2. The number of amides is 2. The molecule has 9 nitrogen and oxygen atoms in total. The van der Waals surface area contributed by atoms with Crippen molar-refractivity contribution in [2.24, 2.45) is 13.0 Å². The summed E-state index contributed by atoms with van der Waals surface area (Å²) in [6, 6.07) is 4.97. The zero-order valence-electron chi connectivity index (χ0n) is 16.5. The van der Waals surface area contributed by atoms with E-state index < -0.39 is 0 Å². The lowest BCUT2D eigenvalue weighted by Gasteiger charge is -2.32. The standard InChI is InChI=1S/C20H22N6O3S/c1-25-11-14(10-22-25)17(27)21-9-12-4-6-26(7-5-12)19(29)13-2-3-15-16(8-13)23-20(30)24-18(15)28/h2-3,8,10-12H,4-7,9H2,1H3,(H,21,27)(H2,23,24,28,30). The van der Waals surface area contributed by atoms with Crippen LogP contribution in [0.1, 0.15) is 33.6 Å². The predicted octanol–water partition coefficient (Wildman–Crippen LogP) is 1.60. The number of aromatic nitrogens is 4. The van der Waals surface area contributed by atoms with Crippen LogP contribution < -0.4 is 10.9 Å². The Labute approximate surface area is 177 Å². The normalized spacial score (nSPS) is 14.8. The summed E-state index contributed by atoms with van der Waals surface area (Å²) in [4.78, 5) is 44.3. The first-order valence-electron chi connectivity index (χ1n) is 9.73. The minimum absolute atomic E-state index is 0.0747. The Morgan fingerprint density at radius 2 is 2.00 bits per heavy atom. The van der Waals surface area contributed by atoms with Gasteiger partial charge in [0.25, 0.3) is 17.4 Å². The van der Waals surface area contributed by atoms with Gasteiger partial charge in [0.2, 0.25) is 0 Å². The molecule has 30 heavy (non-hydrogen) atoms. The third-order valence-electron chi connectivity index (χ3n) is 5.41. The van der Waals surface area contributed by atoms with Crippen LogP contribution in [-0.2, 0) is 7.05 Å². The molecular weight excluding hydrogens is 404 g/mol. The van der Waals surface area contributed by atoms with Gasteiger partial charge in [0.1, 0.15) is 0 Å². The second kappa shape index (κ2) is 8.23. The van der Waals surface area contributed by atoms with E-state index in [1.807, 2.05) is 4.90 Å². The monoisotopic (exact) mass is 426 g/mol. The molecule has 3 aromatic rings. The van der Waals surface area contributed by atoms with Crippen molar-refractivity contribution in [3.05, 3.63) is 56.8 Å². The smallest absolute Gasteiger partial charge is 0.259 e. The van der Waals surface area contributed by atoms with Gasteiger partial charge in [-0.05, 0) is 49.2 Å². The molecule has 3 heterocycles. The molecule has 10 heteroatoms. The van der Waals surface area contributed by atoms with Gasteiger partial charge in [0.15, 0.2) is 4.77 Å². The van der Waals surface area contributed by atoms with Crippen molar-refractivity contribution in [3.63, 3.8) is 0 Å². The van der Waals surface area contributed by atoms with Crippen molar-refractivity contribution >= 4 is 34.9 Å². The topological polar surface area (TPSA) is 116 Å². The van der Waals surface area contributed by atoms with E-state index in [4.69, 9.17) is 12.2 Å². The Morgan fingerprint density at radius 3 is 2.70 bits per heavy atom. The number of nitrogens with zero attached hydrogens (tertiary/aromatic N) is 3. The highest BCUT2D eigenvalue weighted by molar-refractivity contribution is 7.71. The summed E-state index contributed by atoms with van der Waals surface area (Å²) in [6.07, 6.45) is 4.85. The van der Waals surface area contributed by atoms with Gasteiger partial charge < -0.3 is 15.2 Å². The lowest BCUT2D eigenvalue weighted by atomic mass is 9.96. The second-order valence-electron chi connectivity index (χ2n) is 7.52. The van der Waals surface area contributed by atoms with Crippen LogP contribution in [0.25, 0.3) is 10.9 Å². The van der Waals surface area contributed by atoms with Crippen LogP contribution in [0.4, 0.5) is 0 Å². The van der Waals surface area contributed by atoms with Crippen molar-refractivity contribution in [3.8, 4) is 0 Å². The molecule has 0 unspecified atom stereocenters. The van der Waals surface area contributed by atoms with Gasteiger partial charge in [-0.15, -0.1) is 0 Å². The molecule has 1 aliphatic rings. The Balaban J connectivity index is 1.35. The first-order valence-corrected chi connectivity index (χ1v) is 10.1. The molecule has 0 radical (unpaired) electrons. The molecule has 4 rings (SSSR count). The van der Waals surface area contributed by atoms with E-state index in [9.17, 15) is 14.4 Å². The summed E-state index contributed by atoms with van der Waals surface area (Å²) in [7, 11) is 1.77. The molecule has 3 N–H and O–H groups in total. The minimum Gasteiger partial charge on any atom is -0.352 e. The molecule has 0 aliphatic carbocycles. The number of H-pyrrole nitrogens is 2. The third-order valence-corrected chi connectivity index (χ3v) is 5.61. The molecule has 0 saturated carbocycles. The van der Waals surface area contributed by atoms with E-state index in [0.717, 1.165) is 12.8 Å². The maximum atomic E-state index is 12.9. The number of rotatable bonds is 4. The first-order chi connectivity index (χ1) is 14.4. The second-order valence-corrected chi connectivity index (χ2v) is 7.93. The highest BCUT2D eigenvalue weighted by Crippen LogP contribution is 2.20. The Hall–Kier alpha value is -3.27. The molecule has 2 amide bonds. The molecule has 2 aromatic heterocycles. The van der Waals surface area contributed by atoms with Crippen LogP contribution in [0.3, 0.4) is 0 Å². The number of benzene rings is 1. The molecule has 156 valence electrons. The Kier molecular flexibility index (Phi) is 5.49. The highest BCUT2D eigenvalue weighted by Gasteiger charge is 2.24. The van der Waals surface area contributed by atoms with E-state index in [-0.39, 0.29) is 22.1 Å².